The van der Waals surface area contributed by atoms with Gasteiger partial charge in [-0.1, -0.05) is 6.58 Å². The lowest BCUT2D eigenvalue weighted by atomic mass is 10.1. The average molecular weight is 246 g/mol. The number of benzene rings is 1. The third kappa shape index (κ3) is 2.37. The van der Waals surface area contributed by atoms with Gasteiger partial charge in [0.15, 0.2) is 0 Å². The van der Waals surface area contributed by atoms with Crippen molar-refractivity contribution in [3.8, 4) is 5.75 Å². The van der Waals surface area contributed by atoms with Gasteiger partial charge in [0.1, 0.15) is 23.7 Å². The van der Waals surface area contributed by atoms with Gasteiger partial charge in [0, 0.05) is 0 Å². The predicted molar refractivity (Wildman–Crippen MR) is 68.2 cm³/mol. The van der Waals surface area contributed by atoms with Crippen LogP contribution >= 0.6 is 0 Å². The van der Waals surface area contributed by atoms with Gasteiger partial charge in [0.25, 0.3) is 0 Å². The van der Waals surface area contributed by atoms with Crippen LogP contribution in [0, 0.1) is 6.92 Å². The van der Waals surface area contributed by atoms with E-state index in [1.165, 1.54) is 12.1 Å². The van der Waals surface area contributed by atoms with E-state index in [-0.39, 0.29) is 5.56 Å². The first kappa shape index (κ1) is 12.2. The first-order chi connectivity index (χ1) is 8.47. The zero-order valence-electron chi connectivity index (χ0n) is 10.3. The van der Waals surface area contributed by atoms with Crippen LogP contribution in [0.5, 0.6) is 5.75 Å². The minimum atomic E-state index is -1.01. The second kappa shape index (κ2) is 4.56. The van der Waals surface area contributed by atoms with Crippen LogP contribution in [0.3, 0.4) is 0 Å². The fourth-order valence-electron chi connectivity index (χ4n) is 1.68. The minimum Gasteiger partial charge on any atom is -0.488 e. The number of aryl methyl sites for hydroxylation is 1. The van der Waals surface area contributed by atoms with Crippen LogP contribution in [0.4, 0.5) is 0 Å². The Morgan fingerprint density at radius 1 is 1.44 bits per heavy atom. The molecule has 0 aliphatic rings. The second-order valence-electron chi connectivity index (χ2n) is 4.29. The number of hydrogen-bond donors (Lipinski definition) is 1. The van der Waals surface area contributed by atoms with E-state index in [0.717, 1.165) is 11.0 Å². The summed E-state index contributed by atoms with van der Waals surface area (Å²) < 4.78 is 11.0. The van der Waals surface area contributed by atoms with Gasteiger partial charge in [0.2, 0.25) is 0 Å². The number of hydrogen-bond acceptors (Lipinski definition) is 3. The van der Waals surface area contributed by atoms with E-state index in [4.69, 9.17) is 14.3 Å². The molecule has 0 amide bonds. The van der Waals surface area contributed by atoms with Gasteiger partial charge in [0.05, 0.1) is 10.9 Å². The Morgan fingerprint density at radius 3 is 2.78 bits per heavy atom. The van der Waals surface area contributed by atoms with Gasteiger partial charge < -0.3 is 14.3 Å². The molecule has 0 atom stereocenters. The molecule has 4 heteroatoms. The van der Waals surface area contributed by atoms with Crippen molar-refractivity contribution >= 4 is 16.9 Å². The summed E-state index contributed by atoms with van der Waals surface area (Å²) in [6, 6.07) is 4.83. The van der Waals surface area contributed by atoms with Gasteiger partial charge in [-0.05, 0) is 37.6 Å². The van der Waals surface area contributed by atoms with E-state index in [1.807, 2.05) is 19.9 Å². The number of carboxylic acids is 1. The molecule has 1 N–H and O–H groups in total. The van der Waals surface area contributed by atoms with Crippen LogP contribution in [0.1, 0.15) is 23.0 Å². The van der Waals surface area contributed by atoms with E-state index in [2.05, 4.69) is 6.58 Å². The van der Waals surface area contributed by atoms with Gasteiger partial charge in [-0.2, -0.15) is 0 Å². The van der Waals surface area contributed by atoms with Crippen LogP contribution < -0.4 is 4.74 Å². The quantitative estimate of drug-likeness (QED) is 0.840. The van der Waals surface area contributed by atoms with E-state index in [9.17, 15) is 4.79 Å². The summed E-state index contributed by atoms with van der Waals surface area (Å²) in [5.41, 5.74) is 1.53. The number of furan rings is 1. The first-order valence-corrected chi connectivity index (χ1v) is 5.52. The zero-order valence-corrected chi connectivity index (χ0v) is 10.3. The van der Waals surface area contributed by atoms with Crippen LogP contribution in [0.15, 0.2) is 34.8 Å². The molecule has 1 aromatic carbocycles. The summed E-state index contributed by atoms with van der Waals surface area (Å²) in [5.74, 6) is 0.212. The summed E-state index contributed by atoms with van der Waals surface area (Å²) >= 11 is 0. The molecule has 2 aromatic rings. The fourth-order valence-corrected chi connectivity index (χ4v) is 1.68. The molecule has 0 fully saturated rings. The average Bonchev–Trinajstić information content (AvgIpc) is 2.65. The maximum atomic E-state index is 11.0. The molecule has 0 spiro atoms. The van der Waals surface area contributed by atoms with Crippen molar-refractivity contribution in [2.45, 2.75) is 13.8 Å². The highest BCUT2D eigenvalue weighted by Gasteiger charge is 2.13. The third-order valence-corrected chi connectivity index (χ3v) is 2.44. The highest BCUT2D eigenvalue weighted by atomic mass is 16.5. The number of rotatable bonds is 4. The van der Waals surface area contributed by atoms with Crippen molar-refractivity contribution in [1.82, 2.24) is 0 Å². The Hall–Kier alpha value is -2.23. The summed E-state index contributed by atoms with van der Waals surface area (Å²) in [4.78, 5) is 11.0. The predicted octanol–water partition coefficient (Wildman–Crippen LogP) is 3.39. The van der Waals surface area contributed by atoms with Gasteiger partial charge in [-0.25, -0.2) is 4.79 Å². The number of fused-ring (bicyclic) bond motifs is 1. The second-order valence-corrected chi connectivity index (χ2v) is 4.29. The molecule has 0 unspecified atom stereocenters. The number of carboxylic acid groups (broad SMARTS) is 1. The molecular formula is C14H14O4. The molecule has 0 saturated carbocycles. The van der Waals surface area contributed by atoms with Crippen molar-refractivity contribution in [1.29, 1.82) is 0 Å². The highest BCUT2D eigenvalue weighted by Crippen LogP contribution is 2.30. The van der Waals surface area contributed by atoms with Gasteiger partial charge in [-0.15, -0.1) is 0 Å². The summed E-state index contributed by atoms with van der Waals surface area (Å²) in [7, 11) is 0. The molecular weight excluding hydrogens is 232 g/mol. The molecule has 0 aliphatic carbocycles. The molecule has 18 heavy (non-hydrogen) atoms. The lowest BCUT2D eigenvalue weighted by Gasteiger charge is -2.07. The Morgan fingerprint density at radius 2 is 2.17 bits per heavy atom. The molecule has 1 aromatic heterocycles. The monoisotopic (exact) mass is 246 g/mol. The van der Waals surface area contributed by atoms with Crippen molar-refractivity contribution in [2.75, 3.05) is 6.61 Å². The number of aromatic carboxylic acids is 1. The third-order valence-electron chi connectivity index (χ3n) is 2.44. The lowest BCUT2D eigenvalue weighted by Crippen LogP contribution is -2.01. The Balaban J connectivity index is 2.52. The van der Waals surface area contributed by atoms with Crippen molar-refractivity contribution in [3.63, 3.8) is 0 Å². The summed E-state index contributed by atoms with van der Waals surface area (Å²) in [6.45, 7) is 7.75. The molecule has 4 nitrogen and oxygen atoms in total. The summed E-state index contributed by atoms with van der Waals surface area (Å²) in [5, 5.41) is 9.81. The number of carbonyl (C=O) groups is 1. The highest BCUT2D eigenvalue weighted by molar-refractivity contribution is 5.95. The molecule has 0 bridgehead atoms. The lowest BCUT2D eigenvalue weighted by molar-refractivity contribution is 0.0696. The largest absolute Gasteiger partial charge is 0.488 e. The van der Waals surface area contributed by atoms with E-state index in [1.54, 1.807) is 0 Å². The first-order valence-electron chi connectivity index (χ1n) is 5.52. The Labute approximate surface area is 104 Å². The molecule has 1 heterocycles. The summed E-state index contributed by atoms with van der Waals surface area (Å²) in [6.07, 6.45) is 0. The maximum absolute atomic E-state index is 11.0. The van der Waals surface area contributed by atoms with Crippen LogP contribution in [0.2, 0.25) is 0 Å². The normalized spacial score (nSPS) is 10.6. The van der Waals surface area contributed by atoms with Crippen molar-refractivity contribution in [2.24, 2.45) is 0 Å². The van der Waals surface area contributed by atoms with Gasteiger partial charge >= 0.3 is 5.97 Å². The molecule has 0 aliphatic heterocycles. The van der Waals surface area contributed by atoms with Crippen LogP contribution in [-0.4, -0.2) is 17.7 Å². The molecule has 0 radical (unpaired) electrons. The smallest absolute Gasteiger partial charge is 0.335 e. The van der Waals surface area contributed by atoms with Gasteiger partial charge in [-0.3, -0.25) is 0 Å². The van der Waals surface area contributed by atoms with Crippen molar-refractivity contribution in [3.05, 3.63) is 41.7 Å². The SMILES string of the molecule is C=C(C)COc1cc(C(=O)O)cc2oc(C)cc12. The zero-order chi connectivity index (χ0) is 13.3. The maximum Gasteiger partial charge on any atom is 0.335 e. The Kier molecular flexibility index (Phi) is 3.10. The Bertz CT molecular complexity index is 622. The van der Waals surface area contributed by atoms with E-state index < -0.39 is 5.97 Å². The van der Waals surface area contributed by atoms with E-state index >= 15 is 0 Å². The molecule has 94 valence electrons. The van der Waals surface area contributed by atoms with E-state index in [0.29, 0.717) is 23.7 Å². The van der Waals surface area contributed by atoms with Crippen molar-refractivity contribution < 1.29 is 19.1 Å². The fraction of sp³-hybridized carbons (Fsp3) is 0.214. The standard InChI is InChI=1S/C14H14O4/c1-8(2)7-17-12-5-10(14(15)16)6-13-11(12)4-9(3)18-13/h4-6H,1,7H2,2-3H3,(H,15,16). The molecule has 2 rings (SSSR count). The minimum absolute atomic E-state index is 0.147. The van der Waals surface area contributed by atoms with Crippen LogP contribution in [-0.2, 0) is 0 Å². The van der Waals surface area contributed by atoms with Crippen LogP contribution in [0.25, 0.3) is 11.0 Å². The topological polar surface area (TPSA) is 59.7 Å². The molecule has 0 saturated heterocycles. The number of ether oxygens (including phenoxy) is 1.